The zero-order valence-electron chi connectivity index (χ0n) is 36.6. The van der Waals surface area contributed by atoms with Crippen LogP contribution in [0.4, 0.5) is 17.1 Å². The van der Waals surface area contributed by atoms with Crippen molar-refractivity contribution >= 4 is 17.1 Å². The molecule has 0 amide bonds. The first-order valence-electron chi connectivity index (χ1n) is 22.8. The molecule has 0 atom stereocenters. The van der Waals surface area contributed by atoms with Crippen molar-refractivity contribution in [2.75, 3.05) is 4.90 Å². The van der Waals surface area contributed by atoms with Crippen LogP contribution in [0.5, 0.6) is 0 Å². The molecule has 0 fully saturated rings. The van der Waals surface area contributed by atoms with E-state index in [9.17, 15) is 0 Å². The SMILES string of the molecule is CC1(C)c2ccccc2C2(c3ccccc3-c3ccc(-c4ccc(N(c5ccc(-c6ccccc6-c6ccccc6)cc5)c5ccccc5-c5ccccc5)cc4)cc32)c2ccccc21. The van der Waals surface area contributed by atoms with E-state index in [0.29, 0.717) is 0 Å². The van der Waals surface area contributed by atoms with E-state index < -0.39 is 5.41 Å². The number of anilines is 3. The summed E-state index contributed by atoms with van der Waals surface area (Å²) in [4.78, 5) is 2.41. The van der Waals surface area contributed by atoms with Gasteiger partial charge in [0.1, 0.15) is 0 Å². The number of nitrogens with zero attached hydrogens (tertiary/aromatic N) is 1. The van der Waals surface area contributed by atoms with Crippen LogP contribution in [0.15, 0.2) is 249 Å². The Labute approximate surface area is 382 Å². The maximum Gasteiger partial charge on any atom is 0.0719 e. The molecule has 10 aromatic carbocycles. The number of hydrogen-bond acceptors (Lipinski definition) is 1. The van der Waals surface area contributed by atoms with Crippen LogP contribution in [0, 0.1) is 0 Å². The summed E-state index contributed by atoms with van der Waals surface area (Å²) >= 11 is 0. The highest BCUT2D eigenvalue weighted by molar-refractivity contribution is 5.92. The molecule has 1 heteroatoms. The van der Waals surface area contributed by atoms with Crippen LogP contribution in [-0.4, -0.2) is 0 Å². The van der Waals surface area contributed by atoms with Crippen molar-refractivity contribution in [1.82, 2.24) is 0 Å². The summed E-state index contributed by atoms with van der Waals surface area (Å²) in [5.74, 6) is 0. The molecule has 1 spiro atoms. The maximum atomic E-state index is 2.49. The van der Waals surface area contributed by atoms with E-state index in [1.54, 1.807) is 0 Å². The summed E-state index contributed by atoms with van der Waals surface area (Å²) in [5, 5.41) is 0. The van der Waals surface area contributed by atoms with Gasteiger partial charge in [0.05, 0.1) is 11.1 Å². The number of rotatable bonds is 7. The van der Waals surface area contributed by atoms with Crippen molar-refractivity contribution in [2.24, 2.45) is 0 Å². The fourth-order valence-electron chi connectivity index (χ4n) is 11.2. The highest BCUT2D eigenvalue weighted by atomic mass is 15.1. The maximum absolute atomic E-state index is 2.49. The molecule has 2 aliphatic rings. The first kappa shape index (κ1) is 38.7. The second-order valence-electron chi connectivity index (χ2n) is 18.0. The van der Waals surface area contributed by atoms with E-state index in [1.807, 2.05) is 0 Å². The normalized spacial score (nSPS) is 13.6. The van der Waals surface area contributed by atoms with Gasteiger partial charge in [-0.3, -0.25) is 0 Å². The van der Waals surface area contributed by atoms with Gasteiger partial charge in [-0.15, -0.1) is 0 Å². The minimum absolute atomic E-state index is 0.137. The van der Waals surface area contributed by atoms with Gasteiger partial charge in [0.25, 0.3) is 0 Å². The van der Waals surface area contributed by atoms with Crippen LogP contribution < -0.4 is 4.90 Å². The molecule has 10 aromatic rings. The molecule has 0 bridgehead atoms. The minimum Gasteiger partial charge on any atom is -0.310 e. The first-order valence-corrected chi connectivity index (χ1v) is 22.8. The van der Waals surface area contributed by atoms with Gasteiger partial charge in [-0.1, -0.05) is 226 Å². The lowest BCUT2D eigenvalue weighted by molar-refractivity contribution is 0.563. The monoisotopic (exact) mass is 829 g/mol. The van der Waals surface area contributed by atoms with Crippen molar-refractivity contribution < 1.29 is 0 Å². The fourth-order valence-corrected chi connectivity index (χ4v) is 11.2. The van der Waals surface area contributed by atoms with Crippen LogP contribution >= 0.6 is 0 Å². The van der Waals surface area contributed by atoms with E-state index in [0.717, 1.165) is 17.1 Å². The highest BCUT2D eigenvalue weighted by Gasteiger charge is 2.53. The summed E-state index contributed by atoms with van der Waals surface area (Å²) in [6, 6.07) is 91.8. The molecule has 0 saturated carbocycles. The smallest absolute Gasteiger partial charge is 0.0719 e. The predicted octanol–water partition coefficient (Wildman–Crippen LogP) is 16.8. The second kappa shape index (κ2) is 15.4. The lowest BCUT2D eigenvalue weighted by Gasteiger charge is -2.46. The van der Waals surface area contributed by atoms with Gasteiger partial charge in [0.2, 0.25) is 0 Å². The van der Waals surface area contributed by atoms with Crippen molar-refractivity contribution in [3.63, 3.8) is 0 Å². The third kappa shape index (κ3) is 6.07. The van der Waals surface area contributed by atoms with Crippen molar-refractivity contribution in [2.45, 2.75) is 24.7 Å². The minimum atomic E-state index is -0.434. The molecule has 0 aliphatic heterocycles. The van der Waals surface area contributed by atoms with Crippen LogP contribution in [0.2, 0.25) is 0 Å². The Morgan fingerprint density at radius 1 is 0.262 bits per heavy atom. The lowest BCUT2D eigenvalue weighted by atomic mass is 9.55. The third-order valence-electron chi connectivity index (χ3n) is 14.2. The first-order chi connectivity index (χ1) is 32.0. The molecule has 2 aliphatic carbocycles. The molecule has 0 N–H and O–H groups in total. The lowest BCUT2D eigenvalue weighted by Crippen LogP contribution is -2.40. The molecule has 0 radical (unpaired) electrons. The molecule has 12 rings (SSSR count). The average molecular weight is 830 g/mol. The Morgan fingerprint density at radius 2 is 0.646 bits per heavy atom. The number of benzene rings is 10. The fraction of sp³-hybridized carbons (Fsp3) is 0.0625. The van der Waals surface area contributed by atoms with Gasteiger partial charge in [0, 0.05) is 22.4 Å². The van der Waals surface area contributed by atoms with E-state index >= 15 is 0 Å². The third-order valence-corrected chi connectivity index (χ3v) is 14.2. The molecule has 308 valence electrons. The number of hydrogen-bond donors (Lipinski definition) is 0. The van der Waals surface area contributed by atoms with Gasteiger partial charge in [-0.05, 0) is 120 Å². The Balaban J connectivity index is 0.987. The highest BCUT2D eigenvalue weighted by Crippen LogP contribution is 2.62. The van der Waals surface area contributed by atoms with Crippen molar-refractivity contribution in [3.8, 4) is 55.6 Å². The Morgan fingerprint density at radius 3 is 1.22 bits per heavy atom. The summed E-state index contributed by atoms with van der Waals surface area (Å²) in [6.07, 6.45) is 0. The van der Waals surface area contributed by atoms with Crippen molar-refractivity contribution in [1.29, 1.82) is 0 Å². The van der Waals surface area contributed by atoms with Crippen LogP contribution in [0.1, 0.15) is 47.2 Å². The second-order valence-corrected chi connectivity index (χ2v) is 18.0. The molecular formula is C64H47N. The van der Waals surface area contributed by atoms with Gasteiger partial charge in [-0.2, -0.15) is 0 Å². The summed E-state index contributed by atoms with van der Waals surface area (Å²) in [6.45, 7) is 4.77. The average Bonchev–Trinajstić information content (AvgIpc) is 3.67. The van der Waals surface area contributed by atoms with Gasteiger partial charge in [0.15, 0.2) is 0 Å². The largest absolute Gasteiger partial charge is 0.310 e. The van der Waals surface area contributed by atoms with Gasteiger partial charge >= 0.3 is 0 Å². The zero-order chi connectivity index (χ0) is 43.5. The summed E-state index contributed by atoms with van der Waals surface area (Å²) < 4.78 is 0. The Bertz CT molecular complexity index is 3330. The zero-order valence-corrected chi connectivity index (χ0v) is 36.6. The van der Waals surface area contributed by atoms with E-state index in [-0.39, 0.29) is 5.41 Å². The van der Waals surface area contributed by atoms with E-state index in [4.69, 9.17) is 0 Å². The molecule has 0 aromatic heterocycles. The van der Waals surface area contributed by atoms with Crippen molar-refractivity contribution in [3.05, 3.63) is 282 Å². The Kier molecular flexibility index (Phi) is 9.14. The van der Waals surface area contributed by atoms with E-state index in [1.165, 1.54) is 89.0 Å². The topological polar surface area (TPSA) is 3.24 Å². The number of fused-ring (bicyclic) bond motifs is 9. The Hall–Kier alpha value is -8.00. The predicted molar refractivity (Wildman–Crippen MR) is 272 cm³/mol. The van der Waals surface area contributed by atoms with E-state index in [2.05, 4.69) is 267 Å². The molecule has 65 heavy (non-hydrogen) atoms. The van der Waals surface area contributed by atoms with Crippen LogP contribution in [-0.2, 0) is 10.8 Å². The van der Waals surface area contributed by atoms with Gasteiger partial charge in [-0.25, -0.2) is 0 Å². The molecular weight excluding hydrogens is 783 g/mol. The van der Waals surface area contributed by atoms with Crippen LogP contribution in [0.25, 0.3) is 55.6 Å². The summed E-state index contributed by atoms with van der Waals surface area (Å²) in [5.41, 5.74) is 23.2. The molecule has 0 heterocycles. The quantitative estimate of drug-likeness (QED) is 0.155. The molecule has 0 saturated heterocycles. The standard InChI is InChI=1S/C64H47N/c1-63(2)57-28-14-16-30-59(57)64(60-31-17-15-29-58(60)63)56-27-13-11-26-54(56)55-42-37-48(43-61(55)64)44-33-38-49(39-34-44)65(62-32-18-12-25-53(62)46-21-7-4-8-22-46)50-40-35-47(36-41-50)52-24-10-9-23-51(52)45-19-5-3-6-20-45/h3-43H,1-2H3. The molecule has 0 unspecified atom stereocenters. The number of para-hydroxylation sites is 1. The van der Waals surface area contributed by atoms with Crippen LogP contribution in [0.3, 0.4) is 0 Å². The van der Waals surface area contributed by atoms with Gasteiger partial charge < -0.3 is 4.90 Å². The molecule has 1 nitrogen and oxygen atoms in total. The summed E-state index contributed by atoms with van der Waals surface area (Å²) in [7, 11) is 0.